The maximum atomic E-state index is 14.2. The van der Waals surface area contributed by atoms with Gasteiger partial charge in [-0.1, -0.05) is 18.2 Å². The normalized spacial score (nSPS) is 12.1. The van der Waals surface area contributed by atoms with Crippen molar-refractivity contribution in [2.24, 2.45) is 7.05 Å². The molecule has 2 heterocycles. The zero-order valence-electron chi connectivity index (χ0n) is 11.6. The Morgan fingerprint density at radius 1 is 1.14 bits per heavy atom. The first-order chi connectivity index (χ1) is 10.3. The molecule has 0 amide bonds. The largest absolute Gasteiger partial charge is 0.370 e. The average molecular weight is 282 g/mol. The summed E-state index contributed by atoms with van der Waals surface area (Å²) >= 11 is 0. The Labute approximate surface area is 122 Å². The summed E-state index contributed by atoms with van der Waals surface area (Å²) in [5.74, 6) is 0.478. The minimum absolute atomic E-state index is 0.262. The SMILES string of the molecule is Cn1ccnc1C(Nc1cccnc1)c1ccccc1F. The van der Waals surface area contributed by atoms with Crippen LogP contribution < -0.4 is 5.32 Å². The van der Waals surface area contributed by atoms with Crippen molar-refractivity contribution in [3.05, 3.63) is 78.4 Å². The number of nitrogens with one attached hydrogen (secondary N) is 1. The van der Waals surface area contributed by atoms with E-state index >= 15 is 0 Å². The van der Waals surface area contributed by atoms with Crippen molar-refractivity contribution < 1.29 is 4.39 Å². The molecule has 106 valence electrons. The van der Waals surface area contributed by atoms with Crippen LogP contribution in [0.25, 0.3) is 0 Å². The second-order valence-corrected chi connectivity index (χ2v) is 4.74. The van der Waals surface area contributed by atoms with Gasteiger partial charge in [0.25, 0.3) is 0 Å². The summed E-state index contributed by atoms with van der Waals surface area (Å²) in [6.07, 6.45) is 6.95. The average Bonchev–Trinajstić information content (AvgIpc) is 2.93. The maximum Gasteiger partial charge on any atom is 0.135 e. The number of hydrogen-bond acceptors (Lipinski definition) is 3. The molecule has 0 aliphatic carbocycles. The van der Waals surface area contributed by atoms with E-state index in [1.54, 1.807) is 30.7 Å². The molecule has 1 atom stereocenters. The van der Waals surface area contributed by atoms with Crippen molar-refractivity contribution in [1.82, 2.24) is 14.5 Å². The molecule has 3 rings (SSSR count). The molecule has 21 heavy (non-hydrogen) atoms. The van der Waals surface area contributed by atoms with Gasteiger partial charge in [0.1, 0.15) is 17.7 Å². The Morgan fingerprint density at radius 3 is 2.67 bits per heavy atom. The molecule has 0 bridgehead atoms. The highest BCUT2D eigenvalue weighted by molar-refractivity contribution is 5.45. The summed E-state index contributed by atoms with van der Waals surface area (Å²) in [6.45, 7) is 0. The molecule has 0 aliphatic heterocycles. The fraction of sp³-hybridized carbons (Fsp3) is 0.125. The van der Waals surface area contributed by atoms with Crippen LogP contribution >= 0.6 is 0 Å². The van der Waals surface area contributed by atoms with Crippen LogP contribution in [0.15, 0.2) is 61.2 Å². The Morgan fingerprint density at radius 2 is 2.00 bits per heavy atom. The zero-order valence-corrected chi connectivity index (χ0v) is 11.6. The standard InChI is InChI=1S/C16H15FN4/c1-21-10-9-19-16(21)15(13-6-2-3-7-14(13)17)20-12-5-4-8-18-11-12/h2-11,15,20H,1H3. The minimum Gasteiger partial charge on any atom is -0.370 e. The van der Waals surface area contributed by atoms with Gasteiger partial charge >= 0.3 is 0 Å². The summed E-state index contributed by atoms with van der Waals surface area (Å²) in [5.41, 5.74) is 1.37. The number of halogens is 1. The molecule has 0 radical (unpaired) electrons. The number of benzene rings is 1. The van der Waals surface area contributed by atoms with Crippen molar-refractivity contribution in [2.75, 3.05) is 5.32 Å². The van der Waals surface area contributed by atoms with Crippen molar-refractivity contribution in [2.45, 2.75) is 6.04 Å². The first kappa shape index (κ1) is 13.3. The van der Waals surface area contributed by atoms with E-state index in [1.807, 2.05) is 36.0 Å². The number of nitrogens with zero attached hydrogens (tertiary/aromatic N) is 3. The van der Waals surface area contributed by atoms with Gasteiger partial charge in [-0.25, -0.2) is 9.37 Å². The van der Waals surface area contributed by atoms with Gasteiger partial charge in [-0.05, 0) is 18.2 Å². The molecule has 1 unspecified atom stereocenters. The smallest absolute Gasteiger partial charge is 0.135 e. The third-order valence-corrected chi connectivity index (χ3v) is 3.31. The van der Waals surface area contributed by atoms with Crippen LogP contribution in [0.1, 0.15) is 17.4 Å². The zero-order chi connectivity index (χ0) is 14.7. The highest BCUT2D eigenvalue weighted by atomic mass is 19.1. The fourth-order valence-corrected chi connectivity index (χ4v) is 2.26. The number of rotatable bonds is 4. The lowest BCUT2D eigenvalue weighted by Crippen LogP contribution is -2.18. The van der Waals surface area contributed by atoms with E-state index in [2.05, 4.69) is 15.3 Å². The van der Waals surface area contributed by atoms with E-state index in [0.29, 0.717) is 5.56 Å². The Bertz CT molecular complexity index is 724. The molecule has 2 aromatic heterocycles. The first-order valence-corrected chi connectivity index (χ1v) is 6.64. The Kier molecular flexibility index (Phi) is 3.64. The third kappa shape index (κ3) is 2.76. The van der Waals surface area contributed by atoms with Crippen LogP contribution in [-0.4, -0.2) is 14.5 Å². The van der Waals surface area contributed by atoms with Gasteiger partial charge < -0.3 is 9.88 Å². The van der Waals surface area contributed by atoms with Crippen LogP contribution in [0.3, 0.4) is 0 Å². The van der Waals surface area contributed by atoms with Gasteiger partial charge in [0.05, 0.1) is 5.69 Å². The summed E-state index contributed by atoms with van der Waals surface area (Å²) in [7, 11) is 1.89. The molecule has 0 saturated carbocycles. The highest BCUT2D eigenvalue weighted by Crippen LogP contribution is 2.26. The van der Waals surface area contributed by atoms with Crippen LogP contribution in [0.5, 0.6) is 0 Å². The van der Waals surface area contributed by atoms with Crippen molar-refractivity contribution in [1.29, 1.82) is 0 Å². The molecule has 1 N–H and O–H groups in total. The lowest BCUT2D eigenvalue weighted by atomic mass is 10.1. The van der Waals surface area contributed by atoms with Gasteiger partial charge in [-0.15, -0.1) is 0 Å². The maximum absolute atomic E-state index is 14.2. The molecule has 0 spiro atoms. The van der Waals surface area contributed by atoms with Crippen LogP contribution in [0.4, 0.5) is 10.1 Å². The van der Waals surface area contributed by atoms with Crippen LogP contribution in [0, 0.1) is 5.82 Å². The first-order valence-electron chi connectivity index (χ1n) is 6.64. The number of aryl methyl sites for hydroxylation is 1. The summed E-state index contributed by atoms with van der Waals surface area (Å²) < 4.78 is 16.0. The predicted octanol–water partition coefficient (Wildman–Crippen LogP) is 3.16. The second kappa shape index (κ2) is 5.75. The van der Waals surface area contributed by atoms with Crippen molar-refractivity contribution >= 4 is 5.69 Å². The van der Waals surface area contributed by atoms with Gasteiger partial charge in [0.2, 0.25) is 0 Å². The van der Waals surface area contributed by atoms with Crippen molar-refractivity contribution in [3.63, 3.8) is 0 Å². The van der Waals surface area contributed by atoms with E-state index in [-0.39, 0.29) is 11.9 Å². The van der Waals surface area contributed by atoms with E-state index in [0.717, 1.165) is 11.5 Å². The van der Waals surface area contributed by atoms with E-state index in [9.17, 15) is 4.39 Å². The molecular weight excluding hydrogens is 267 g/mol. The molecule has 4 nitrogen and oxygen atoms in total. The summed E-state index contributed by atoms with van der Waals surface area (Å²) in [5, 5.41) is 3.29. The molecule has 0 fully saturated rings. The second-order valence-electron chi connectivity index (χ2n) is 4.74. The lowest BCUT2D eigenvalue weighted by Gasteiger charge is -2.20. The van der Waals surface area contributed by atoms with Crippen LogP contribution in [0.2, 0.25) is 0 Å². The quantitative estimate of drug-likeness (QED) is 0.799. The number of aromatic nitrogens is 3. The monoisotopic (exact) mass is 282 g/mol. The number of hydrogen-bond donors (Lipinski definition) is 1. The molecule has 5 heteroatoms. The number of pyridine rings is 1. The number of anilines is 1. The van der Waals surface area contributed by atoms with E-state index in [1.165, 1.54) is 6.07 Å². The Balaban J connectivity index is 2.04. The van der Waals surface area contributed by atoms with Gasteiger partial charge in [-0.3, -0.25) is 4.98 Å². The molecule has 0 aliphatic rings. The molecular formula is C16H15FN4. The molecule has 0 saturated heterocycles. The molecule has 3 aromatic rings. The van der Waals surface area contributed by atoms with E-state index in [4.69, 9.17) is 0 Å². The minimum atomic E-state index is -0.379. The fourth-order valence-electron chi connectivity index (χ4n) is 2.26. The lowest BCUT2D eigenvalue weighted by molar-refractivity contribution is 0.596. The molecule has 1 aromatic carbocycles. The summed E-state index contributed by atoms with van der Waals surface area (Å²) in [4.78, 5) is 8.42. The predicted molar refractivity (Wildman–Crippen MR) is 79.3 cm³/mol. The third-order valence-electron chi connectivity index (χ3n) is 3.31. The van der Waals surface area contributed by atoms with Gasteiger partial charge in [0, 0.05) is 37.4 Å². The summed E-state index contributed by atoms with van der Waals surface area (Å²) in [6, 6.07) is 10.1. The van der Waals surface area contributed by atoms with Gasteiger partial charge in [-0.2, -0.15) is 0 Å². The number of imidazole rings is 1. The van der Waals surface area contributed by atoms with Crippen molar-refractivity contribution in [3.8, 4) is 0 Å². The van der Waals surface area contributed by atoms with Gasteiger partial charge in [0.15, 0.2) is 0 Å². The topological polar surface area (TPSA) is 42.7 Å². The van der Waals surface area contributed by atoms with E-state index < -0.39 is 0 Å². The van der Waals surface area contributed by atoms with Crippen LogP contribution in [-0.2, 0) is 7.05 Å². The highest BCUT2D eigenvalue weighted by Gasteiger charge is 2.21. The Hall–Kier alpha value is -2.69.